The van der Waals surface area contributed by atoms with Crippen molar-refractivity contribution < 1.29 is 5.11 Å². The fourth-order valence-corrected chi connectivity index (χ4v) is 3.46. The zero-order valence-corrected chi connectivity index (χ0v) is 18.0. The lowest BCUT2D eigenvalue weighted by Crippen LogP contribution is -2.27. The molecule has 144 valence electrons. The van der Waals surface area contributed by atoms with Crippen LogP contribution in [0.3, 0.4) is 0 Å². The molecular weight excluding hydrogens is 306 g/mol. The summed E-state index contributed by atoms with van der Waals surface area (Å²) in [5, 5.41) is 10.8. The Morgan fingerprint density at radius 3 is 1.60 bits per heavy atom. The second-order valence-corrected chi connectivity index (χ2v) is 9.48. The molecule has 0 amide bonds. The van der Waals surface area contributed by atoms with Gasteiger partial charge in [-0.1, -0.05) is 67.5 Å². The second kappa shape index (κ2) is 9.07. The van der Waals surface area contributed by atoms with Crippen LogP contribution < -0.4 is 0 Å². The van der Waals surface area contributed by atoms with Crippen LogP contribution in [0.1, 0.15) is 91.3 Å². The van der Waals surface area contributed by atoms with Crippen molar-refractivity contribution in [3.05, 3.63) is 28.8 Å². The van der Waals surface area contributed by atoms with Gasteiger partial charge in [0, 0.05) is 0 Å². The summed E-state index contributed by atoms with van der Waals surface area (Å²) in [5.74, 6) is 0.488. The molecule has 2 heteroatoms. The number of hydrogen-bond donors (Lipinski definition) is 1. The summed E-state index contributed by atoms with van der Waals surface area (Å²) in [5.41, 5.74) is 3.43. The molecule has 1 aromatic rings. The van der Waals surface area contributed by atoms with E-state index in [2.05, 4.69) is 72.4 Å². The largest absolute Gasteiger partial charge is 0.507 e. The van der Waals surface area contributed by atoms with Gasteiger partial charge in [0.05, 0.1) is 0 Å². The second-order valence-electron chi connectivity index (χ2n) is 9.48. The molecule has 2 nitrogen and oxygen atoms in total. The Balaban J connectivity index is 3.00. The first-order chi connectivity index (χ1) is 11.5. The summed E-state index contributed by atoms with van der Waals surface area (Å²) >= 11 is 0. The average molecular weight is 348 g/mol. The molecular formula is C23H41NO. The molecule has 0 aromatic heterocycles. The standard InChI is InChI=1S/C23H41NO/c1-9-13-24(14-10-2)15-11-12-18-16-19(22(3,4)5)21(25)20(17-18)23(6,7)8/h16-17,25H,9-15H2,1-8H3. The van der Waals surface area contributed by atoms with E-state index in [1.807, 2.05) is 0 Å². The highest BCUT2D eigenvalue weighted by molar-refractivity contribution is 5.49. The quantitative estimate of drug-likeness (QED) is 0.619. The summed E-state index contributed by atoms with van der Waals surface area (Å²) in [4.78, 5) is 2.58. The van der Waals surface area contributed by atoms with Gasteiger partial charge in [0.15, 0.2) is 0 Å². The zero-order valence-electron chi connectivity index (χ0n) is 18.0. The van der Waals surface area contributed by atoms with E-state index < -0.39 is 0 Å². The van der Waals surface area contributed by atoms with Crippen molar-refractivity contribution in [1.82, 2.24) is 4.90 Å². The number of hydrogen-bond acceptors (Lipinski definition) is 2. The Morgan fingerprint density at radius 2 is 1.24 bits per heavy atom. The summed E-state index contributed by atoms with van der Waals surface area (Å²) < 4.78 is 0. The minimum absolute atomic E-state index is 0.0451. The molecule has 0 bridgehead atoms. The molecule has 0 unspecified atom stereocenters. The Hall–Kier alpha value is -1.02. The fourth-order valence-electron chi connectivity index (χ4n) is 3.46. The summed E-state index contributed by atoms with van der Waals surface area (Å²) in [6, 6.07) is 4.46. The van der Waals surface area contributed by atoms with Crippen molar-refractivity contribution in [3.8, 4) is 5.75 Å². The first kappa shape index (κ1) is 22.0. The first-order valence-corrected chi connectivity index (χ1v) is 10.1. The van der Waals surface area contributed by atoms with Crippen molar-refractivity contribution in [1.29, 1.82) is 0 Å². The molecule has 0 atom stereocenters. The molecule has 0 saturated heterocycles. The minimum Gasteiger partial charge on any atom is -0.507 e. The first-order valence-electron chi connectivity index (χ1n) is 10.1. The van der Waals surface area contributed by atoms with Crippen LogP contribution in [0.2, 0.25) is 0 Å². The monoisotopic (exact) mass is 347 g/mol. The van der Waals surface area contributed by atoms with E-state index in [4.69, 9.17) is 0 Å². The average Bonchev–Trinajstić information content (AvgIpc) is 2.46. The topological polar surface area (TPSA) is 23.5 Å². The van der Waals surface area contributed by atoms with Gasteiger partial charge in [-0.15, -0.1) is 0 Å². The van der Waals surface area contributed by atoms with E-state index >= 15 is 0 Å². The number of aromatic hydroxyl groups is 1. The summed E-state index contributed by atoms with van der Waals surface area (Å²) in [6.07, 6.45) is 4.71. The Morgan fingerprint density at radius 1 is 0.800 bits per heavy atom. The van der Waals surface area contributed by atoms with E-state index in [9.17, 15) is 5.11 Å². The van der Waals surface area contributed by atoms with Crippen LogP contribution in [-0.2, 0) is 17.3 Å². The van der Waals surface area contributed by atoms with Crippen LogP contribution in [0.25, 0.3) is 0 Å². The van der Waals surface area contributed by atoms with E-state index in [-0.39, 0.29) is 10.8 Å². The number of rotatable bonds is 8. The van der Waals surface area contributed by atoms with Gasteiger partial charge >= 0.3 is 0 Å². The highest BCUT2D eigenvalue weighted by atomic mass is 16.3. The van der Waals surface area contributed by atoms with E-state index in [0.717, 1.165) is 24.1 Å². The molecule has 0 spiro atoms. The molecule has 0 radical (unpaired) electrons. The Kier molecular flexibility index (Phi) is 7.99. The molecule has 0 fully saturated rings. The van der Waals surface area contributed by atoms with E-state index in [0.29, 0.717) is 5.75 Å². The molecule has 0 saturated carbocycles. The van der Waals surface area contributed by atoms with Gasteiger partial charge in [0.25, 0.3) is 0 Å². The van der Waals surface area contributed by atoms with Gasteiger partial charge in [0.2, 0.25) is 0 Å². The Labute approximate surface area is 156 Å². The minimum atomic E-state index is -0.0451. The lowest BCUT2D eigenvalue weighted by Gasteiger charge is -2.28. The van der Waals surface area contributed by atoms with Crippen LogP contribution in [0.4, 0.5) is 0 Å². The summed E-state index contributed by atoms with van der Waals surface area (Å²) in [6.45, 7) is 21.2. The van der Waals surface area contributed by atoms with Gasteiger partial charge in [-0.2, -0.15) is 0 Å². The number of phenolic OH excluding ortho intramolecular Hbond substituents is 1. The Bertz CT molecular complexity index is 493. The number of phenols is 1. The van der Waals surface area contributed by atoms with Gasteiger partial charge in [-0.05, 0) is 72.8 Å². The maximum atomic E-state index is 10.8. The highest BCUT2D eigenvalue weighted by Gasteiger charge is 2.26. The molecule has 0 aliphatic rings. The third-order valence-electron chi connectivity index (χ3n) is 4.81. The molecule has 1 aromatic carbocycles. The van der Waals surface area contributed by atoms with Crippen LogP contribution in [0, 0.1) is 0 Å². The SMILES string of the molecule is CCCN(CCC)CCCc1cc(C(C)(C)C)c(O)c(C(C)(C)C)c1. The predicted octanol–water partition coefficient (Wildman–Crippen LogP) is 6.04. The van der Waals surface area contributed by atoms with E-state index in [1.54, 1.807) is 0 Å². The molecule has 0 aliphatic heterocycles. The normalized spacial score (nSPS) is 12.8. The van der Waals surface area contributed by atoms with Gasteiger partial charge in [-0.25, -0.2) is 0 Å². The van der Waals surface area contributed by atoms with Gasteiger partial charge < -0.3 is 10.0 Å². The van der Waals surface area contributed by atoms with Crippen molar-refractivity contribution in [2.45, 2.75) is 91.9 Å². The smallest absolute Gasteiger partial charge is 0.123 e. The number of nitrogens with zero attached hydrogens (tertiary/aromatic N) is 1. The maximum absolute atomic E-state index is 10.8. The lowest BCUT2D eigenvalue weighted by atomic mass is 9.78. The van der Waals surface area contributed by atoms with E-state index in [1.165, 1.54) is 37.9 Å². The van der Waals surface area contributed by atoms with Crippen LogP contribution in [0.15, 0.2) is 12.1 Å². The van der Waals surface area contributed by atoms with Gasteiger partial charge in [0.1, 0.15) is 5.75 Å². The van der Waals surface area contributed by atoms with Crippen LogP contribution >= 0.6 is 0 Å². The fraction of sp³-hybridized carbons (Fsp3) is 0.739. The maximum Gasteiger partial charge on any atom is 0.123 e. The lowest BCUT2D eigenvalue weighted by molar-refractivity contribution is 0.271. The van der Waals surface area contributed by atoms with Gasteiger partial charge in [-0.3, -0.25) is 0 Å². The molecule has 1 N–H and O–H groups in total. The number of benzene rings is 1. The zero-order chi connectivity index (χ0) is 19.3. The summed E-state index contributed by atoms with van der Waals surface area (Å²) in [7, 11) is 0. The highest BCUT2D eigenvalue weighted by Crippen LogP contribution is 2.39. The molecule has 0 aliphatic carbocycles. The third-order valence-corrected chi connectivity index (χ3v) is 4.81. The van der Waals surface area contributed by atoms with Crippen molar-refractivity contribution in [2.75, 3.05) is 19.6 Å². The molecule has 25 heavy (non-hydrogen) atoms. The molecule has 1 rings (SSSR count). The number of aryl methyl sites for hydroxylation is 1. The predicted molar refractivity (Wildman–Crippen MR) is 111 cm³/mol. The van der Waals surface area contributed by atoms with Crippen molar-refractivity contribution in [2.24, 2.45) is 0 Å². The molecule has 0 heterocycles. The third kappa shape index (κ3) is 6.66. The van der Waals surface area contributed by atoms with Crippen molar-refractivity contribution in [3.63, 3.8) is 0 Å². The van der Waals surface area contributed by atoms with Crippen LogP contribution in [-0.4, -0.2) is 29.6 Å². The van der Waals surface area contributed by atoms with Crippen LogP contribution in [0.5, 0.6) is 5.75 Å². The van der Waals surface area contributed by atoms with Crippen molar-refractivity contribution >= 4 is 0 Å².